The summed E-state index contributed by atoms with van der Waals surface area (Å²) in [6.07, 6.45) is -4.41. The monoisotopic (exact) mass is 397 g/mol. The van der Waals surface area contributed by atoms with E-state index in [1.165, 1.54) is 6.07 Å². The molecule has 0 amide bonds. The van der Waals surface area contributed by atoms with E-state index < -0.39 is 11.7 Å². The maximum absolute atomic E-state index is 12.8. The molecular formula is C14H9BrCl2F3N. The van der Waals surface area contributed by atoms with E-state index in [4.69, 9.17) is 23.2 Å². The summed E-state index contributed by atoms with van der Waals surface area (Å²) >= 11 is 14.7. The molecule has 2 aromatic rings. The molecule has 112 valence electrons. The fourth-order valence-electron chi connectivity index (χ4n) is 1.71. The lowest BCUT2D eigenvalue weighted by Crippen LogP contribution is -2.08. The van der Waals surface area contributed by atoms with Crippen molar-refractivity contribution in [2.24, 2.45) is 0 Å². The van der Waals surface area contributed by atoms with Crippen LogP contribution in [0.2, 0.25) is 10.0 Å². The van der Waals surface area contributed by atoms with Gasteiger partial charge < -0.3 is 5.32 Å². The van der Waals surface area contributed by atoms with Gasteiger partial charge in [-0.05, 0) is 35.9 Å². The molecule has 0 heterocycles. The van der Waals surface area contributed by atoms with Gasteiger partial charge in [0.1, 0.15) is 0 Å². The van der Waals surface area contributed by atoms with Crippen molar-refractivity contribution in [2.75, 3.05) is 5.32 Å². The fourth-order valence-corrected chi connectivity index (χ4v) is 2.66. The molecule has 7 heteroatoms. The Morgan fingerprint density at radius 3 is 2.38 bits per heavy atom. The molecule has 0 radical (unpaired) electrons. The molecule has 2 rings (SSSR count). The number of alkyl halides is 3. The SMILES string of the molecule is FC(F)(F)c1cc(NCc2ccc(Cl)cc2Cl)ccc1Br. The van der Waals surface area contributed by atoms with Gasteiger partial charge in [0.25, 0.3) is 0 Å². The Labute approximate surface area is 138 Å². The van der Waals surface area contributed by atoms with Crippen molar-refractivity contribution in [3.8, 4) is 0 Å². The minimum absolute atomic E-state index is 0.00470. The van der Waals surface area contributed by atoms with Crippen LogP contribution in [0.25, 0.3) is 0 Å². The van der Waals surface area contributed by atoms with Crippen LogP contribution in [0.4, 0.5) is 18.9 Å². The van der Waals surface area contributed by atoms with Crippen molar-refractivity contribution >= 4 is 44.8 Å². The smallest absolute Gasteiger partial charge is 0.381 e. The second kappa shape index (κ2) is 6.46. The molecule has 0 aromatic heterocycles. The summed E-state index contributed by atoms with van der Waals surface area (Å²) in [6.45, 7) is 0.301. The molecule has 0 saturated carbocycles. The van der Waals surface area contributed by atoms with E-state index in [-0.39, 0.29) is 4.47 Å². The van der Waals surface area contributed by atoms with Gasteiger partial charge in [-0.1, -0.05) is 45.2 Å². The van der Waals surface area contributed by atoms with Gasteiger partial charge in [0.05, 0.1) is 5.56 Å². The number of hydrogen-bond acceptors (Lipinski definition) is 1. The highest BCUT2D eigenvalue weighted by atomic mass is 79.9. The molecule has 0 aliphatic heterocycles. The average Bonchev–Trinajstić information content (AvgIpc) is 2.38. The summed E-state index contributed by atoms with van der Waals surface area (Å²) in [5.74, 6) is 0. The summed E-state index contributed by atoms with van der Waals surface area (Å²) in [7, 11) is 0. The lowest BCUT2D eigenvalue weighted by atomic mass is 10.1. The Balaban J connectivity index is 2.17. The molecule has 0 bridgehead atoms. The Bertz CT molecular complexity index is 659. The van der Waals surface area contributed by atoms with E-state index in [0.717, 1.165) is 11.6 Å². The fraction of sp³-hybridized carbons (Fsp3) is 0.143. The third kappa shape index (κ3) is 4.28. The Morgan fingerprint density at radius 2 is 1.76 bits per heavy atom. The zero-order valence-electron chi connectivity index (χ0n) is 10.4. The topological polar surface area (TPSA) is 12.0 Å². The molecule has 0 fully saturated rings. The predicted molar refractivity (Wildman–Crippen MR) is 82.9 cm³/mol. The maximum Gasteiger partial charge on any atom is 0.417 e. The minimum atomic E-state index is -4.41. The molecule has 1 nitrogen and oxygen atoms in total. The standard InChI is InChI=1S/C14H9BrCl2F3N/c15-12-4-3-10(6-11(12)14(18,19)20)21-7-8-1-2-9(16)5-13(8)17/h1-6,21H,7H2. The molecule has 0 aliphatic rings. The molecule has 21 heavy (non-hydrogen) atoms. The second-order valence-electron chi connectivity index (χ2n) is 4.28. The summed E-state index contributed by atoms with van der Waals surface area (Å²) < 4.78 is 38.4. The van der Waals surface area contributed by atoms with Crippen molar-refractivity contribution in [3.05, 3.63) is 62.0 Å². The van der Waals surface area contributed by atoms with E-state index in [2.05, 4.69) is 21.2 Å². The van der Waals surface area contributed by atoms with Crippen molar-refractivity contribution in [1.29, 1.82) is 0 Å². The van der Waals surface area contributed by atoms with Crippen LogP contribution in [0.5, 0.6) is 0 Å². The first kappa shape index (κ1) is 16.5. The van der Waals surface area contributed by atoms with E-state index in [1.54, 1.807) is 24.3 Å². The van der Waals surface area contributed by atoms with Gasteiger partial charge in [-0.15, -0.1) is 0 Å². The van der Waals surface area contributed by atoms with Gasteiger partial charge >= 0.3 is 6.18 Å². The summed E-state index contributed by atoms with van der Waals surface area (Å²) in [5.41, 5.74) is 0.379. The number of anilines is 1. The van der Waals surface area contributed by atoms with Gasteiger partial charge in [-0.2, -0.15) is 13.2 Å². The number of nitrogens with one attached hydrogen (secondary N) is 1. The number of rotatable bonds is 3. The van der Waals surface area contributed by atoms with Crippen LogP contribution in [0.15, 0.2) is 40.9 Å². The van der Waals surface area contributed by atoms with Crippen LogP contribution in [-0.2, 0) is 12.7 Å². The van der Waals surface area contributed by atoms with Gasteiger partial charge in [0, 0.05) is 26.8 Å². The van der Waals surface area contributed by atoms with Crippen molar-refractivity contribution in [2.45, 2.75) is 12.7 Å². The first-order chi connectivity index (χ1) is 9.77. The Kier molecular flexibility index (Phi) is 5.07. The highest BCUT2D eigenvalue weighted by Gasteiger charge is 2.33. The first-order valence-corrected chi connectivity index (χ1v) is 7.37. The molecule has 0 spiro atoms. The quantitative estimate of drug-likeness (QED) is 0.631. The van der Waals surface area contributed by atoms with Crippen LogP contribution >= 0.6 is 39.1 Å². The number of benzene rings is 2. The maximum atomic E-state index is 12.8. The van der Waals surface area contributed by atoms with E-state index in [1.807, 2.05) is 0 Å². The van der Waals surface area contributed by atoms with Gasteiger partial charge in [-0.25, -0.2) is 0 Å². The first-order valence-electron chi connectivity index (χ1n) is 5.82. The highest BCUT2D eigenvalue weighted by molar-refractivity contribution is 9.10. The molecule has 0 atom stereocenters. The molecular weight excluding hydrogens is 390 g/mol. The molecule has 0 saturated heterocycles. The Hall–Kier alpha value is -0.910. The average molecular weight is 399 g/mol. The van der Waals surface area contributed by atoms with Crippen molar-refractivity contribution in [3.63, 3.8) is 0 Å². The van der Waals surface area contributed by atoms with E-state index in [9.17, 15) is 13.2 Å². The third-order valence-electron chi connectivity index (χ3n) is 2.77. The van der Waals surface area contributed by atoms with Crippen molar-refractivity contribution < 1.29 is 13.2 Å². The van der Waals surface area contributed by atoms with Crippen LogP contribution in [0.3, 0.4) is 0 Å². The van der Waals surface area contributed by atoms with Crippen molar-refractivity contribution in [1.82, 2.24) is 0 Å². The van der Waals surface area contributed by atoms with Crippen LogP contribution < -0.4 is 5.32 Å². The predicted octanol–water partition coefficient (Wildman–Crippen LogP) is 6.39. The molecule has 1 N–H and O–H groups in total. The zero-order valence-corrected chi connectivity index (χ0v) is 13.5. The van der Waals surface area contributed by atoms with Gasteiger partial charge in [-0.3, -0.25) is 0 Å². The van der Waals surface area contributed by atoms with Crippen LogP contribution in [-0.4, -0.2) is 0 Å². The molecule has 2 aromatic carbocycles. The third-order valence-corrected chi connectivity index (χ3v) is 4.05. The summed E-state index contributed by atoms with van der Waals surface area (Å²) in [5, 5.41) is 3.88. The largest absolute Gasteiger partial charge is 0.417 e. The summed E-state index contributed by atoms with van der Waals surface area (Å²) in [6, 6.07) is 8.95. The molecule has 0 unspecified atom stereocenters. The normalized spacial score (nSPS) is 11.5. The number of hydrogen-bond donors (Lipinski definition) is 1. The van der Waals surface area contributed by atoms with Gasteiger partial charge in [0.15, 0.2) is 0 Å². The van der Waals surface area contributed by atoms with E-state index >= 15 is 0 Å². The van der Waals surface area contributed by atoms with Crippen LogP contribution in [0.1, 0.15) is 11.1 Å². The highest BCUT2D eigenvalue weighted by Crippen LogP contribution is 2.36. The zero-order chi connectivity index (χ0) is 15.6. The van der Waals surface area contributed by atoms with Gasteiger partial charge in [0.2, 0.25) is 0 Å². The minimum Gasteiger partial charge on any atom is -0.381 e. The van der Waals surface area contributed by atoms with E-state index in [0.29, 0.717) is 22.3 Å². The lowest BCUT2D eigenvalue weighted by Gasteiger charge is -2.13. The summed E-state index contributed by atoms with van der Waals surface area (Å²) in [4.78, 5) is 0. The number of halogens is 6. The molecule has 0 aliphatic carbocycles. The lowest BCUT2D eigenvalue weighted by molar-refractivity contribution is -0.138. The van der Waals surface area contributed by atoms with Crippen LogP contribution in [0, 0.1) is 0 Å². The second-order valence-corrected chi connectivity index (χ2v) is 5.98. The Morgan fingerprint density at radius 1 is 1.05 bits per heavy atom.